The topological polar surface area (TPSA) is 78.9 Å². The van der Waals surface area contributed by atoms with Crippen LogP contribution in [0.3, 0.4) is 0 Å². The van der Waals surface area contributed by atoms with E-state index < -0.39 is 14.8 Å². The molecule has 0 aliphatic carbocycles. The molecule has 0 bridgehead atoms. The molecule has 1 atom stereocenters. The second kappa shape index (κ2) is 33.2. The molecule has 0 heterocycles. The number of hydrogen-bond acceptors (Lipinski definition) is 6. The number of esters is 2. The van der Waals surface area contributed by atoms with Gasteiger partial charge in [0.2, 0.25) is 0 Å². The van der Waals surface area contributed by atoms with Crippen LogP contribution in [0, 0.1) is 0 Å². The Hall–Kier alpha value is -1.26. The summed E-state index contributed by atoms with van der Waals surface area (Å²) in [5.74, 6) is -0.614. The molecule has 7 heteroatoms. The molecule has 0 saturated heterocycles. The summed E-state index contributed by atoms with van der Waals surface area (Å²) in [5.41, 5.74) is 0. The van der Waals surface area contributed by atoms with Gasteiger partial charge in [0.15, 0.2) is 6.10 Å². The van der Waals surface area contributed by atoms with E-state index in [0.29, 0.717) is 12.8 Å². The van der Waals surface area contributed by atoms with Crippen molar-refractivity contribution in [3.05, 3.63) is 12.2 Å². The molecule has 0 aromatic heterocycles. The van der Waals surface area contributed by atoms with Gasteiger partial charge in [-0.25, -0.2) is 4.57 Å². The minimum atomic E-state index is -0.731. The van der Waals surface area contributed by atoms with Crippen molar-refractivity contribution in [3.8, 4) is 0 Å². The smallest absolute Gasteiger partial charge is 0.327 e. The summed E-state index contributed by atoms with van der Waals surface area (Å²) >= 11 is 0. The van der Waals surface area contributed by atoms with Crippen LogP contribution in [-0.4, -0.2) is 31.3 Å². The third kappa shape index (κ3) is 31.5. The number of carbonyl (C=O) groups excluding carboxylic acids is 2. The summed E-state index contributed by atoms with van der Waals surface area (Å²) in [6, 6.07) is 0. The maximum Gasteiger partial charge on any atom is 0.327 e. The van der Waals surface area contributed by atoms with Crippen LogP contribution in [-0.2, 0) is 28.2 Å². The molecular formula is C34H63O6P. The third-order valence-electron chi connectivity index (χ3n) is 7.42. The molecule has 41 heavy (non-hydrogen) atoms. The summed E-state index contributed by atoms with van der Waals surface area (Å²) in [4.78, 5) is 24.4. The lowest BCUT2D eigenvalue weighted by Crippen LogP contribution is -2.28. The van der Waals surface area contributed by atoms with Gasteiger partial charge in [0.1, 0.15) is 13.2 Å². The number of allylic oxidation sites excluding steroid dienone is 2. The maximum atomic E-state index is 12.3. The molecule has 0 amide bonds. The second-order valence-electron chi connectivity index (χ2n) is 11.4. The number of ether oxygens (including phenoxy) is 2. The van der Waals surface area contributed by atoms with E-state index in [9.17, 15) is 14.2 Å². The maximum absolute atomic E-state index is 12.3. The molecule has 0 aliphatic heterocycles. The van der Waals surface area contributed by atoms with Gasteiger partial charge in [0, 0.05) is 12.8 Å². The van der Waals surface area contributed by atoms with Crippen molar-refractivity contribution >= 4 is 20.6 Å². The fraction of sp³-hybridized carbons (Fsp3) is 0.882. The van der Waals surface area contributed by atoms with Crippen molar-refractivity contribution in [2.45, 2.75) is 180 Å². The van der Waals surface area contributed by atoms with E-state index in [1.54, 1.807) is 0 Å². The minimum absolute atomic E-state index is 0.0591. The predicted molar refractivity (Wildman–Crippen MR) is 170 cm³/mol. The van der Waals surface area contributed by atoms with Gasteiger partial charge in [-0.3, -0.25) is 14.1 Å². The Bertz CT molecular complexity index is 624. The summed E-state index contributed by atoms with van der Waals surface area (Å²) in [6.45, 7) is 4.36. The van der Waals surface area contributed by atoms with Gasteiger partial charge >= 0.3 is 20.6 Å². The van der Waals surface area contributed by atoms with Crippen LogP contribution < -0.4 is 0 Å². The molecule has 0 unspecified atom stereocenters. The lowest BCUT2D eigenvalue weighted by atomic mass is 10.1. The molecule has 0 rings (SSSR count). The van der Waals surface area contributed by atoms with Crippen LogP contribution in [0.2, 0.25) is 0 Å². The highest BCUT2D eigenvalue weighted by Crippen LogP contribution is 2.14. The average Bonchev–Trinajstić information content (AvgIpc) is 2.97. The van der Waals surface area contributed by atoms with E-state index in [1.165, 1.54) is 109 Å². The Morgan fingerprint density at radius 3 is 1.46 bits per heavy atom. The van der Waals surface area contributed by atoms with Gasteiger partial charge in [-0.2, -0.15) is 0 Å². The molecule has 6 nitrogen and oxygen atoms in total. The van der Waals surface area contributed by atoms with Crippen molar-refractivity contribution in [1.29, 1.82) is 0 Å². The second-order valence-corrected chi connectivity index (χ2v) is 11.8. The van der Waals surface area contributed by atoms with E-state index >= 15 is 0 Å². The van der Waals surface area contributed by atoms with Gasteiger partial charge in [0.25, 0.3) is 0 Å². The van der Waals surface area contributed by atoms with Gasteiger partial charge in [-0.1, -0.05) is 135 Å². The molecule has 0 aromatic rings. The summed E-state index contributed by atoms with van der Waals surface area (Å²) in [6.07, 6.45) is 32.3. The predicted octanol–water partition coefficient (Wildman–Crippen LogP) is 11.0. The Morgan fingerprint density at radius 1 is 0.561 bits per heavy atom. The highest BCUT2D eigenvalue weighted by molar-refractivity contribution is 7.17. The highest BCUT2D eigenvalue weighted by Gasteiger charge is 2.17. The van der Waals surface area contributed by atoms with Gasteiger partial charge < -0.3 is 9.47 Å². The summed E-state index contributed by atoms with van der Waals surface area (Å²) in [5, 5.41) is 0. The molecule has 0 aromatic carbocycles. The van der Waals surface area contributed by atoms with Crippen LogP contribution >= 0.6 is 8.69 Å². The lowest BCUT2D eigenvalue weighted by Gasteiger charge is -2.16. The quantitative estimate of drug-likeness (QED) is 0.0332. The van der Waals surface area contributed by atoms with Crippen molar-refractivity contribution in [2.75, 3.05) is 13.2 Å². The van der Waals surface area contributed by atoms with Crippen LogP contribution in [0.5, 0.6) is 0 Å². The van der Waals surface area contributed by atoms with Crippen LogP contribution in [0.25, 0.3) is 0 Å². The fourth-order valence-electron chi connectivity index (χ4n) is 4.83. The summed E-state index contributed by atoms with van der Waals surface area (Å²) < 4.78 is 26.3. The molecule has 0 fully saturated rings. The zero-order valence-corrected chi connectivity index (χ0v) is 27.6. The highest BCUT2D eigenvalue weighted by atomic mass is 31.1. The lowest BCUT2D eigenvalue weighted by molar-refractivity contribution is -0.160. The third-order valence-corrected chi connectivity index (χ3v) is 7.67. The minimum Gasteiger partial charge on any atom is -0.462 e. The first-order valence-corrected chi connectivity index (χ1v) is 17.8. The van der Waals surface area contributed by atoms with E-state index in [4.69, 9.17) is 14.0 Å². The molecule has 0 saturated carbocycles. The first-order valence-electron chi connectivity index (χ1n) is 17.1. The van der Waals surface area contributed by atoms with Gasteiger partial charge in [0.05, 0.1) is 0 Å². The van der Waals surface area contributed by atoms with Crippen LogP contribution in [0.15, 0.2) is 12.2 Å². The molecular weight excluding hydrogens is 535 g/mol. The van der Waals surface area contributed by atoms with E-state index in [0.717, 1.165) is 38.5 Å². The van der Waals surface area contributed by atoms with E-state index in [-0.39, 0.29) is 25.2 Å². The van der Waals surface area contributed by atoms with Crippen molar-refractivity contribution in [3.63, 3.8) is 0 Å². The zero-order valence-electron chi connectivity index (χ0n) is 26.7. The monoisotopic (exact) mass is 598 g/mol. The number of unbranched alkanes of at least 4 members (excludes halogenated alkanes) is 20. The molecule has 240 valence electrons. The van der Waals surface area contributed by atoms with Crippen molar-refractivity contribution in [2.24, 2.45) is 0 Å². The Balaban J connectivity index is 3.78. The average molecular weight is 599 g/mol. The van der Waals surface area contributed by atoms with Crippen LogP contribution in [0.4, 0.5) is 0 Å². The standard InChI is InChI=1S/C34H63O6P/c1-3-5-7-9-11-13-15-16-17-18-19-21-23-25-27-29-34(36)40-32(31-39-41-37)30-38-33(35)28-26-24-22-20-14-12-10-8-6-4-2/h13,15,32H,3-12,14,16-31H2,1-2H3/b15-13-/t32-/m1/s1. The van der Waals surface area contributed by atoms with Crippen LogP contribution in [0.1, 0.15) is 174 Å². The van der Waals surface area contributed by atoms with E-state index in [1.807, 2.05) is 0 Å². The molecule has 0 aliphatic rings. The molecule has 0 spiro atoms. The van der Waals surface area contributed by atoms with Gasteiger partial charge in [-0.05, 0) is 38.5 Å². The van der Waals surface area contributed by atoms with Gasteiger partial charge in [-0.15, -0.1) is 0 Å². The Labute approximate surface area is 254 Å². The number of carbonyl (C=O) groups is 2. The van der Waals surface area contributed by atoms with Crippen molar-refractivity contribution < 1.29 is 28.2 Å². The fourth-order valence-corrected chi connectivity index (χ4v) is 5.06. The Kier molecular flexibility index (Phi) is 32.2. The first-order chi connectivity index (χ1) is 20.1. The molecule has 0 N–H and O–H groups in total. The Morgan fingerprint density at radius 2 is 0.976 bits per heavy atom. The molecule has 0 radical (unpaired) electrons. The van der Waals surface area contributed by atoms with E-state index in [2.05, 4.69) is 26.0 Å². The first kappa shape index (κ1) is 39.7. The SMILES string of the molecule is CCCCCC/C=C\CCCCCCCCCC(=O)O[C@@H](COP=O)COC(=O)CCCCCCCCCCCC. The number of rotatable bonds is 32. The normalized spacial score (nSPS) is 12.2. The van der Waals surface area contributed by atoms with Crippen molar-refractivity contribution in [1.82, 2.24) is 0 Å². The zero-order chi connectivity index (χ0) is 30.1. The largest absolute Gasteiger partial charge is 0.462 e. The summed E-state index contributed by atoms with van der Waals surface area (Å²) in [7, 11) is -0.484. The number of hydrogen-bond donors (Lipinski definition) is 0.